The fourth-order valence-electron chi connectivity index (χ4n) is 8.63. The van der Waals surface area contributed by atoms with Crippen LogP contribution in [0.1, 0.15) is 146 Å². The number of allylic oxidation sites excluding steroid dienone is 1. The zero-order valence-corrected chi connectivity index (χ0v) is 36.0. The van der Waals surface area contributed by atoms with Gasteiger partial charge in [-0.2, -0.15) is 0 Å². The number of hydrogen-bond acceptors (Lipinski definition) is 8. The van der Waals surface area contributed by atoms with Crippen LogP contribution in [0.4, 0.5) is 9.59 Å². The predicted octanol–water partition coefficient (Wildman–Crippen LogP) is 9.54. The highest BCUT2D eigenvalue weighted by Crippen LogP contribution is 2.42. The van der Waals surface area contributed by atoms with Crippen LogP contribution in [0.3, 0.4) is 0 Å². The molecule has 1 fully saturated rings. The Hall–Kier alpha value is -4.38. The number of aryl methyl sites for hydroxylation is 1. The van der Waals surface area contributed by atoms with Gasteiger partial charge in [-0.25, -0.2) is 19.3 Å². The number of carbonyl (C=O) groups excluding carboxylic acids is 4. The standard InChI is InChI=1S/C47H70N4O7/c1-6-8-9-10-11-12-13-14-15-16-17-18-20-25-37-26-23-29-39(56-4)41(37)42-40(43(52)58-7-2)36(3)49-46(55)51(42)45(54)48-32-24-33-50-34-30-47(31-35-50,44(53)57-5)38-27-21-19-22-28-38/h19,21-23,26-29,42H,6-18,20,24-25,30-35H2,1-5H3,(H,48,54)(H,49,55). The van der Waals surface area contributed by atoms with E-state index in [2.05, 4.69) is 22.5 Å². The fourth-order valence-corrected chi connectivity index (χ4v) is 8.63. The molecule has 11 nitrogen and oxygen atoms in total. The van der Waals surface area contributed by atoms with E-state index in [4.69, 9.17) is 14.2 Å². The topological polar surface area (TPSA) is 127 Å². The lowest BCUT2D eigenvalue weighted by molar-refractivity contribution is -0.149. The average molecular weight is 803 g/mol. The van der Waals surface area contributed by atoms with Gasteiger partial charge in [0.1, 0.15) is 11.8 Å². The van der Waals surface area contributed by atoms with Crippen LogP contribution in [0.2, 0.25) is 0 Å². The van der Waals surface area contributed by atoms with Crippen LogP contribution in [0, 0.1) is 0 Å². The van der Waals surface area contributed by atoms with E-state index in [1.807, 2.05) is 48.5 Å². The van der Waals surface area contributed by atoms with Crippen molar-refractivity contribution < 1.29 is 33.4 Å². The number of piperidine rings is 1. The Labute approximate surface area is 347 Å². The van der Waals surface area contributed by atoms with Gasteiger partial charge in [-0.3, -0.25) is 4.79 Å². The molecule has 0 bridgehead atoms. The van der Waals surface area contributed by atoms with Crippen molar-refractivity contribution in [3.8, 4) is 5.75 Å². The summed E-state index contributed by atoms with van der Waals surface area (Å²) in [6.45, 7) is 8.22. The highest BCUT2D eigenvalue weighted by molar-refractivity contribution is 6.02. The molecule has 0 saturated carbocycles. The summed E-state index contributed by atoms with van der Waals surface area (Å²) in [4.78, 5) is 57.9. The van der Waals surface area contributed by atoms with E-state index in [1.165, 1.54) is 71.3 Å². The lowest BCUT2D eigenvalue weighted by Crippen LogP contribution is -2.55. The van der Waals surface area contributed by atoms with Crippen molar-refractivity contribution in [3.05, 3.63) is 76.5 Å². The Morgan fingerprint density at radius 2 is 1.43 bits per heavy atom. The van der Waals surface area contributed by atoms with Crippen LogP contribution in [0.5, 0.6) is 5.75 Å². The van der Waals surface area contributed by atoms with Crippen LogP contribution in [0.25, 0.3) is 0 Å². The van der Waals surface area contributed by atoms with Gasteiger partial charge < -0.3 is 29.7 Å². The van der Waals surface area contributed by atoms with Gasteiger partial charge in [0.05, 0.1) is 31.8 Å². The normalized spacial score (nSPS) is 16.8. The third kappa shape index (κ3) is 12.6. The number of urea groups is 2. The second-order valence-corrected chi connectivity index (χ2v) is 15.9. The molecule has 0 spiro atoms. The summed E-state index contributed by atoms with van der Waals surface area (Å²) >= 11 is 0. The fraction of sp³-hybridized carbons (Fsp3) is 0.617. The summed E-state index contributed by atoms with van der Waals surface area (Å²) in [6, 6.07) is 13.3. The van der Waals surface area contributed by atoms with Gasteiger partial charge in [0.25, 0.3) is 0 Å². The van der Waals surface area contributed by atoms with Crippen molar-refractivity contribution in [2.45, 2.75) is 141 Å². The summed E-state index contributed by atoms with van der Waals surface area (Å²) in [6.07, 6.45) is 18.9. The minimum Gasteiger partial charge on any atom is -0.496 e. The summed E-state index contributed by atoms with van der Waals surface area (Å²) < 4.78 is 16.6. The van der Waals surface area contributed by atoms with Gasteiger partial charge >= 0.3 is 24.0 Å². The number of nitrogens with zero attached hydrogens (tertiary/aromatic N) is 2. The molecule has 2 N–H and O–H groups in total. The molecular weight excluding hydrogens is 733 g/mol. The lowest BCUT2D eigenvalue weighted by atomic mass is 9.72. The predicted molar refractivity (Wildman–Crippen MR) is 229 cm³/mol. The minimum atomic E-state index is -1.05. The molecule has 0 aliphatic carbocycles. The summed E-state index contributed by atoms with van der Waals surface area (Å²) in [5, 5.41) is 5.71. The number of methoxy groups -OCH3 is 2. The molecule has 2 aliphatic rings. The van der Waals surface area contributed by atoms with E-state index in [0.717, 1.165) is 35.3 Å². The zero-order chi connectivity index (χ0) is 41.8. The van der Waals surface area contributed by atoms with E-state index < -0.39 is 29.5 Å². The zero-order valence-electron chi connectivity index (χ0n) is 36.0. The third-order valence-corrected chi connectivity index (χ3v) is 11.9. The Morgan fingerprint density at radius 3 is 2.02 bits per heavy atom. The van der Waals surface area contributed by atoms with Crippen molar-refractivity contribution in [2.24, 2.45) is 0 Å². The van der Waals surface area contributed by atoms with Crippen molar-refractivity contribution in [3.63, 3.8) is 0 Å². The molecule has 2 aliphatic heterocycles. The third-order valence-electron chi connectivity index (χ3n) is 11.9. The molecule has 2 heterocycles. The Bertz CT molecular complexity index is 1640. The molecule has 1 saturated heterocycles. The van der Waals surface area contributed by atoms with Gasteiger partial charge in [0, 0.05) is 17.8 Å². The number of likely N-dealkylation sites (tertiary alicyclic amines) is 1. The number of rotatable bonds is 24. The second-order valence-electron chi connectivity index (χ2n) is 15.9. The number of hydrogen-bond donors (Lipinski definition) is 2. The summed E-state index contributed by atoms with van der Waals surface area (Å²) in [7, 11) is 3.01. The van der Waals surface area contributed by atoms with Crippen molar-refractivity contribution in [1.82, 2.24) is 20.4 Å². The van der Waals surface area contributed by atoms with Crippen molar-refractivity contribution >= 4 is 24.0 Å². The van der Waals surface area contributed by atoms with Gasteiger partial charge in [-0.1, -0.05) is 126 Å². The molecular formula is C47H70N4O7. The monoisotopic (exact) mass is 803 g/mol. The van der Waals surface area contributed by atoms with Crippen LogP contribution in [0.15, 0.2) is 59.8 Å². The highest BCUT2D eigenvalue weighted by atomic mass is 16.5. The van der Waals surface area contributed by atoms with Crippen LogP contribution < -0.4 is 15.4 Å². The number of ether oxygens (including phenoxy) is 3. The Kier molecular flexibility index (Phi) is 19.6. The van der Waals surface area contributed by atoms with Gasteiger partial charge in [0.2, 0.25) is 0 Å². The number of carbonyl (C=O) groups is 4. The Morgan fingerprint density at radius 1 is 0.810 bits per heavy atom. The first-order chi connectivity index (χ1) is 28.2. The average Bonchev–Trinajstić information content (AvgIpc) is 3.23. The molecule has 0 aromatic heterocycles. The summed E-state index contributed by atoms with van der Waals surface area (Å²) in [5.41, 5.74) is 2.39. The largest absolute Gasteiger partial charge is 0.496 e. The molecule has 320 valence electrons. The van der Waals surface area contributed by atoms with E-state index in [-0.39, 0.29) is 18.1 Å². The van der Waals surface area contributed by atoms with Gasteiger partial charge in [-0.15, -0.1) is 0 Å². The number of benzene rings is 2. The van der Waals surface area contributed by atoms with Gasteiger partial charge in [0.15, 0.2) is 0 Å². The maximum atomic E-state index is 14.1. The molecule has 4 rings (SSSR count). The molecule has 58 heavy (non-hydrogen) atoms. The van der Waals surface area contributed by atoms with Gasteiger partial charge in [-0.05, 0) is 82.8 Å². The minimum absolute atomic E-state index is 0.142. The van der Waals surface area contributed by atoms with E-state index in [0.29, 0.717) is 68.9 Å². The van der Waals surface area contributed by atoms with Crippen molar-refractivity contribution in [1.29, 1.82) is 0 Å². The first kappa shape index (κ1) is 46.3. The van der Waals surface area contributed by atoms with Crippen molar-refractivity contribution in [2.75, 3.05) is 47.0 Å². The van der Waals surface area contributed by atoms with E-state index >= 15 is 0 Å². The molecule has 4 amide bonds. The number of imide groups is 1. The first-order valence-corrected chi connectivity index (χ1v) is 22.0. The molecule has 1 unspecified atom stereocenters. The number of unbranched alkanes of at least 4 members (excludes halogenated alkanes) is 12. The van der Waals surface area contributed by atoms with Crippen LogP contribution >= 0.6 is 0 Å². The second kappa shape index (κ2) is 24.5. The first-order valence-electron chi connectivity index (χ1n) is 22.0. The molecule has 11 heteroatoms. The summed E-state index contributed by atoms with van der Waals surface area (Å²) in [5.74, 6) is -0.304. The number of esters is 2. The highest BCUT2D eigenvalue weighted by Gasteiger charge is 2.45. The van der Waals surface area contributed by atoms with Crippen LogP contribution in [-0.4, -0.2) is 80.8 Å². The molecule has 2 aromatic carbocycles. The smallest absolute Gasteiger partial charge is 0.338 e. The SMILES string of the molecule is CCCCCCCCCCCCCCCc1cccc(OC)c1C1C(C(=O)OCC)=C(C)NC(=O)N1C(=O)NCCCN1CCC(C(=O)OC)(c2ccccc2)CC1. The molecule has 1 atom stereocenters. The van der Waals surface area contributed by atoms with E-state index in [9.17, 15) is 19.2 Å². The maximum Gasteiger partial charge on any atom is 0.338 e. The molecule has 0 radical (unpaired) electrons. The Balaban J connectivity index is 1.40. The number of amides is 4. The molecule has 2 aromatic rings. The lowest BCUT2D eigenvalue weighted by Gasteiger charge is -2.40. The van der Waals surface area contributed by atoms with E-state index in [1.54, 1.807) is 21.0 Å². The van der Waals surface area contributed by atoms with Crippen LogP contribution in [-0.2, 0) is 30.9 Å². The quantitative estimate of drug-likeness (QED) is 0.0794. The number of nitrogens with one attached hydrogen (secondary N) is 2. The maximum absolute atomic E-state index is 14.1.